The van der Waals surface area contributed by atoms with Crippen molar-refractivity contribution in [3.8, 4) is 5.75 Å². The van der Waals surface area contributed by atoms with E-state index in [2.05, 4.69) is 32.2 Å². The molecule has 0 bridgehead atoms. The predicted molar refractivity (Wildman–Crippen MR) is 106 cm³/mol. The molecule has 0 saturated carbocycles. The van der Waals surface area contributed by atoms with Crippen LogP contribution in [0.3, 0.4) is 0 Å². The average molecular weight is 350 g/mol. The summed E-state index contributed by atoms with van der Waals surface area (Å²) in [6.07, 6.45) is 1.71. The molecule has 0 aliphatic heterocycles. The highest BCUT2D eigenvalue weighted by atomic mass is 28.3. The number of hydrogen-bond acceptors (Lipinski definition) is 3. The normalized spacial score (nSPS) is 11.8. The maximum Gasteiger partial charge on any atom is 0.229 e. The molecule has 0 fully saturated rings. The minimum atomic E-state index is -1.23. The van der Waals surface area contributed by atoms with Crippen molar-refractivity contribution in [2.75, 3.05) is 0 Å². The Hall–Kier alpha value is -2.59. The second kappa shape index (κ2) is 7.53. The molecule has 0 aliphatic rings. The zero-order valence-corrected chi connectivity index (χ0v) is 16.3. The maximum absolute atomic E-state index is 6.11. The molecular weight excluding hydrogens is 326 g/mol. The Labute approximate surface area is 150 Å². The molecule has 0 radical (unpaired) electrons. The molecule has 1 heterocycles. The van der Waals surface area contributed by atoms with Gasteiger partial charge in [-0.05, 0) is 56.3 Å². The Balaban J connectivity index is 2.16. The third-order valence-corrected chi connectivity index (χ3v) is 4.56. The Bertz CT molecular complexity index is 882. The molecule has 3 rings (SSSR count). The Morgan fingerprint density at radius 1 is 1.00 bits per heavy atom. The maximum atomic E-state index is 6.11. The fourth-order valence-electron chi connectivity index (χ4n) is 2.64. The molecule has 0 saturated heterocycles. The molecule has 3 aromatic rings. The van der Waals surface area contributed by atoms with Crippen LogP contribution in [0.1, 0.15) is 22.5 Å². The second-order valence-corrected chi connectivity index (χ2v) is 8.73. The van der Waals surface area contributed by atoms with Gasteiger partial charge in [-0.15, -0.1) is 0 Å². The van der Waals surface area contributed by atoms with Crippen LogP contribution in [-0.4, -0.2) is 14.8 Å². The number of rotatable bonds is 5. The predicted octanol–water partition coefficient (Wildman–Crippen LogP) is 5.43. The molecule has 0 unspecified atom stereocenters. The fourth-order valence-corrected chi connectivity index (χ4v) is 3.34. The third-order valence-electron chi connectivity index (χ3n) is 3.83. The number of aryl methyl sites for hydroxylation is 2. The molecule has 3 nitrogen and oxygen atoms in total. The lowest BCUT2D eigenvalue weighted by molar-refractivity contribution is 0.556. The first-order chi connectivity index (χ1) is 12.0. The minimum absolute atomic E-state index is 0.791. The van der Waals surface area contributed by atoms with Crippen LogP contribution in [0.25, 0.3) is 0 Å². The van der Waals surface area contributed by atoms with Gasteiger partial charge in [0.1, 0.15) is 17.1 Å². The smallest absolute Gasteiger partial charge is 0.229 e. The van der Waals surface area contributed by atoms with E-state index in [0.29, 0.717) is 0 Å². The van der Waals surface area contributed by atoms with E-state index in [1.807, 2.05) is 49.4 Å². The van der Waals surface area contributed by atoms with Gasteiger partial charge in [0, 0.05) is 5.56 Å². The summed E-state index contributed by atoms with van der Waals surface area (Å²) in [6, 6.07) is 18.2. The van der Waals surface area contributed by atoms with Crippen molar-refractivity contribution in [2.24, 2.45) is 4.99 Å². The van der Waals surface area contributed by atoms with Crippen LogP contribution in [0, 0.1) is 13.8 Å². The van der Waals surface area contributed by atoms with E-state index in [-0.39, 0.29) is 0 Å². The largest absolute Gasteiger partial charge is 0.546 e. The zero-order valence-electron chi connectivity index (χ0n) is 15.1. The van der Waals surface area contributed by atoms with Gasteiger partial charge in [-0.3, -0.25) is 0 Å². The van der Waals surface area contributed by atoms with Crippen LogP contribution in [0.4, 0.5) is 5.69 Å². The lowest BCUT2D eigenvalue weighted by Gasteiger charge is -2.14. The number of nitrogens with zero attached hydrogens (tertiary/aromatic N) is 1. The van der Waals surface area contributed by atoms with Crippen molar-refractivity contribution in [3.05, 3.63) is 83.3 Å². The van der Waals surface area contributed by atoms with Gasteiger partial charge >= 0.3 is 0 Å². The highest BCUT2D eigenvalue weighted by Crippen LogP contribution is 2.31. The second-order valence-electron chi connectivity index (χ2n) is 6.40. The van der Waals surface area contributed by atoms with Gasteiger partial charge in [-0.2, -0.15) is 0 Å². The summed E-state index contributed by atoms with van der Waals surface area (Å²) in [7, 11) is -1.23. The van der Waals surface area contributed by atoms with Crippen molar-refractivity contribution in [2.45, 2.75) is 26.9 Å². The number of aliphatic imine (C=N–C) groups is 1. The van der Waals surface area contributed by atoms with E-state index in [1.54, 1.807) is 6.26 Å². The fraction of sp³-hybridized carbons (Fsp3) is 0.190. The molecule has 0 atom stereocenters. The van der Waals surface area contributed by atoms with E-state index in [0.717, 1.165) is 34.0 Å². The Kier molecular flexibility index (Phi) is 5.19. The molecule has 4 heteroatoms. The topological polar surface area (TPSA) is 34.7 Å². The van der Waals surface area contributed by atoms with Gasteiger partial charge in [0.15, 0.2) is 5.76 Å². The monoisotopic (exact) mass is 349 g/mol. The van der Waals surface area contributed by atoms with Crippen LogP contribution in [0.15, 0.2) is 70.3 Å². The summed E-state index contributed by atoms with van der Waals surface area (Å²) in [5.74, 6) is 1.64. The summed E-state index contributed by atoms with van der Waals surface area (Å²) in [5, 5.41) is 0. The highest BCUT2D eigenvalue weighted by Gasteiger charge is 2.15. The summed E-state index contributed by atoms with van der Waals surface area (Å²) < 4.78 is 11.8. The van der Waals surface area contributed by atoms with E-state index >= 15 is 0 Å². The van der Waals surface area contributed by atoms with Crippen LogP contribution < -0.4 is 4.43 Å². The first-order valence-corrected chi connectivity index (χ1v) is 11.3. The van der Waals surface area contributed by atoms with Crippen molar-refractivity contribution < 1.29 is 8.84 Å². The lowest BCUT2D eigenvalue weighted by atomic mass is 10.1. The molecule has 25 heavy (non-hydrogen) atoms. The molecule has 0 amide bonds. The van der Waals surface area contributed by atoms with Gasteiger partial charge in [0.2, 0.25) is 9.04 Å². The highest BCUT2D eigenvalue weighted by molar-refractivity contribution is 6.49. The summed E-state index contributed by atoms with van der Waals surface area (Å²) in [6.45, 7) is 8.41. The first-order valence-electron chi connectivity index (χ1n) is 8.50. The molecular formula is C21H23NO2Si. The van der Waals surface area contributed by atoms with Crippen LogP contribution >= 0.6 is 0 Å². The Morgan fingerprint density at radius 3 is 2.40 bits per heavy atom. The molecule has 2 aromatic carbocycles. The van der Waals surface area contributed by atoms with Crippen molar-refractivity contribution >= 4 is 20.4 Å². The SMILES string of the molecule is Cc1ccc(N=C(c2ccccc2)c2occc2C)c(O[SiH](C)C)c1. The van der Waals surface area contributed by atoms with E-state index in [9.17, 15) is 0 Å². The van der Waals surface area contributed by atoms with Crippen LogP contribution in [0.5, 0.6) is 5.75 Å². The van der Waals surface area contributed by atoms with Crippen molar-refractivity contribution in [3.63, 3.8) is 0 Å². The standard InChI is InChI=1S/C21H23NO2Si/c1-15-10-11-18(19(14-15)24-25(3)4)22-20(17-8-6-5-7-9-17)21-16(2)12-13-23-21/h5-14,25H,1-4H3. The molecule has 0 spiro atoms. The molecule has 0 aliphatic carbocycles. The van der Waals surface area contributed by atoms with E-state index < -0.39 is 9.04 Å². The molecule has 128 valence electrons. The van der Waals surface area contributed by atoms with Gasteiger partial charge in [0.25, 0.3) is 0 Å². The Morgan fingerprint density at radius 2 is 1.76 bits per heavy atom. The van der Waals surface area contributed by atoms with E-state index in [1.165, 1.54) is 5.56 Å². The van der Waals surface area contributed by atoms with Crippen LogP contribution in [0.2, 0.25) is 13.1 Å². The summed E-state index contributed by atoms with van der Waals surface area (Å²) >= 11 is 0. The number of hydrogen-bond donors (Lipinski definition) is 0. The summed E-state index contributed by atoms with van der Waals surface area (Å²) in [4.78, 5) is 4.95. The third kappa shape index (κ3) is 4.09. The van der Waals surface area contributed by atoms with Crippen molar-refractivity contribution in [1.29, 1.82) is 0 Å². The molecule has 1 aromatic heterocycles. The van der Waals surface area contributed by atoms with Crippen LogP contribution in [-0.2, 0) is 0 Å². The van der Waals surface area contributed by atoms with Gasteiger partial charge in [-0.1, -0.05) is 36.4 Å². The average Bonchev–Trinajstić information content (AvgIpc) is 3.00. The number of furan rings is 1. The molecule has 0 N–H and O–H groups in total. The van der Waals surface area contributed by atoms with Gasteiger partial charge in [-0.25, -0.2) is 4.99 Å². The van der Waals surface area contributed by atoms with Gasteiger partial charge in [0.05, 0.1) is 6.26 Å². The minimum Gasteiger partial charge on any atom is -0.546 e. The van der Waals surface area contributed by atoms with Crippen molar-refractivity contribution in [1.82, 2.24) is 0 Å². The lowest BCUT2D eigenvalue weighted by Crippen LogP contribution is -2.11. The summed E-state index contributed by atoms with van der Waals surface area (Å²) in [5.41, 5.74) is 4.91. The zero-order chi connectivity index (χ0) is 17.8. The number of benzene rings is 2. The van der Waals surface area contributed by atoms with E-state index in [4.69, 9.17) is 13.8 Å². The quantitative estimate of drug-likeness (QED) is 0.455. The van der Waals surface area contributed by atoms with Gasteiger partial charge < -0.3 is 8.84 Å². The first kappa shape index (κ1) is 17.2.